The zero-order valence-corrected chi connectivity index (χ0v) is 15.5. The number of furan rings is 1. The molecule has 0 atom stereocenters. The van der Waals surface area contributed by atoms with E-state index in [0.717, 1.165) is 16.7 Å². The van der Waals surface area contributed by atoms with Crippen molar-refractivity contribution >= 4 is 11.0 Å². The van der Waals surface area contributed by atoms with Gasteiger partial charge >= 0.3 is 0 Å². The molecule has 0 aliphatic rings. The monoisotopic (exact) mass is 360 g/mol. The fraction of sp³-hybridized carbons (Fsp3) is 0.0370. The molecule has 1 heteroatoms. The summed E-state index contributed by atoms with van der Waals surface area (Å²) in [4.78, 5) is 0. The third-order valence-corrected chi connectivity index (χ3v) is 5.42. The van der Waals surface area contributed by atoms with Crippen LogP contribution in [0, 0.1) is 0 Å². The van der Waals surface area contributed by atoms with Gasteiger partial charge in [0.15, 0.2) is 0 Å². The van der Waals surface area contributed by atoms with Crippen molar-refractivity contribution in [3.8, 4) is 0 Å². The largest absolute Gasteiger partial charge is 0.459 e. The number of rotatable bonds is 4. The molecule has 5 aromatic rings. The van der Waals surface area contributed by atoms with Crippen LogP contribution >= 0.6 is 0 Å². The Kier molecular flexibility index (Phi) is 4.06. The molecule has 0 bridgehead atoms. The van der Waals surface area contributed by atoms with E-state index < -0.39 is 5.41 Å². The van der Waals surface area contributed by atoms with Crippen molar-refractivity contribution in [3.05, 3.63) is 144 Å². The molecule has 0 saturated carbocycles. The molecule has 0 amide bonds. The van der Waals surface area contributed by atoms with Crippen LogP contribution in [0.15, 0.2) is 126 Å². The Bertz CT molecular complexity index is 1060. The first-order valence-corrected chi connectivity index (χ1v) is 9.54. The molecule has 0 aliphatic heterocycles. The number of hydrogen-bond acceptors (Lipinski definition) is 1. The van der Waals surface area contributed by atoms with Gasteiger partial charge < -0.3 is 4.42 Å². The lowest BCUT2D eigenvalue weighted by Crippen LogP contribution is -2.30. The maximum absolute atomic E-state index is 6.50. The Hall–Kier alpha value is -3.58. The standard InChI is InChI=1S/C27H20O/c1-4-13-22(14-5-1)27(23-15-6-2-7-16-23,24-17-8-3-9-18-24)26-20-21-12-10-11-19-25(21)28-26/h1-20H. The highest BCUT2D eigenvalue weighted by Crippen LogP contribution is 2.46. The van der Waals surface area contributed by atoms with E-state index in [4.69, 9.17) is 4.42 Å². The van der Waals surface area contributed by atoms with Crippen molar-refractivity contribution in [2.45, 2.75) is 5.41 Å². The summed E-state index contributed by atoms with van der Waals surface area (Å²) in [6.07, 6.45) is 0. The maximum atomic E-state index is 6.50. The van der Waals surface area contributed by atoms with Crippen LogP contribution in [-0.2, 0) is 5.41 Å². The highest BCUT2D eigenvalue weighted by molar-refractivity contribution is 5.79. The molecular weight excluding hydrogens is 340 g/mol. The van der Waals surface area contributed by atoms with Gasteiger partial charge in [-0.05, 0) is 28.8 Å². The van der Waals surface area contributed by atoms with Gasteiger partial charge in [0, 0.05) is 5.39 Å². The van der Waals surface area contributed by atoms with Crippen molar-refractivity contribution in [2.24, 2.45) is 0 Å². The highest BCUT2D eigenvalue weighted by Gasteiger charge is 2.41. The van der Waals surface area contributed by atoms with Crippen molar-refractivity contribution in [1.82, 2.24) is 0 Å². The molecule has 134 valence electrons. The average molecular weight is 360 g/mol. The van der Waals surface area contributed by atoms with Crippen LogP contribution in [0.4, 0.5) is 0 Å². The second-order valence-corrected chi connectivity index (χ2v) is 7.00. The summed E-state index contributed by atoms with van der Waals surface area (Å²) in [6, 6.07) is 42.3. The van der Waals surface area contributed by atoms with Crippen LogP contribution in [0.5, 0.6) is 0 Å². The van der Waals surface area contributed by atoms with Gasteiger partial charge in [-0.25, -0.2) is 0 Å². The number of fused-ring (bicyclic) bond motifs is 1. The van der Waals surface area contributed by atoms with E-state index in [2.05, 4.69) is 109 Å². The maximum Gasteiger partial charge on any atom is 0.134 e. The summed E-state index contributed by atoms with van der Waals surface area (Å²) >= 11 is 0. The predicted molar refractivity (Wildman–Crippen MR) is 115 cm³/mol. The van der Waals surface area contributed by atoms with Crippen molar-refractivity contribution in [2.75, 3.05) is 0 Å². The van der Waals surface area contributed by atoms with Crippen molar-refractivity contribution in [3.63, 3.8) is 0 Å². The quantitative estimate of drug-likeness (QED) is 0.321. The van der Waals surface area contributed by atoms with E-state index in [9.17, 15) is 0 Å². The lowest BCUT2D eigenvalue weighted by molar-refractivity contribution is 0.492. The second-order valence-electron chi connectivity index (χ2n) is 7.00. The fourth-order valence-electron chi connectivity index (χ4n) is 4.16. The lowest BCUT2D eigenvalue weighted by atomic mass is 9.68. The van der Waals surface area contributed by atoms with Crippen LogP contribution in [-0.4, -0.2) is 0 Å². The molecule has 4 aromatic carbocycles. The van der Waals surface area contributed by atoms with E-state index in [-0.39, 0.29) is 0 Å². The van der Waals surface area contributed by atoms with Crippen LogP contribution in [0.25, 0.3) is 11.0 Å². The molecule has 0 spiro atoms. The molecule has 0 radical (unpaired) electrons. The third kappa shape index (κ3) is 2.56. The highest BCUT2D eigenvalue weighted by atomic mass is 16.3. The number of para-hydroxylation sites is 1. The van der Waals surface area contributed by atoms with E-state index >= 15 is 0 Å². The Morgan fingerprint density at radius 3 is 1.36 bits per heavy atom. The Morgan fingerprint density at radius 2 is 0.893 bits per heavy atom. The van der Waals surface area contributed by atoms with E-state index in [1.54, 1.807) is 0 Å². The Morgan fingerprint density at radius 1 is 0.464 bits per heavy atom. The Labute approximate surface area is 164 Å². The summed E-state index contributed by atoms with van der Waals surface area (Å²) in [6.45, 7) is 0. The minimum absolute atomic E-state index is 0.525. The van der Waals surface area contributed by atoms with Gasteiger partial charge in [0.05, 0.1) is 0 Å². The number of hydrogen-bond donors (Lipinski definition) is 0. The van der Waals surface area contributed by atoms with E-state index in [0.29, 0.717) is 0 Å². The zero-order chi connectivity index (χ0) is 18.8. The van der Waals surface area contributed by atoms with Gasteiger partial charge in [-0.1, -0.05) is 109 Å². The van der Waals surface area contributed by atoms with Gasteiger partial charge in [-0.3, -0.25) is 0 Å². The molecule has 1 heterocycles. The minimum atomic E-state index is -0.525. The summed E-state index contributed by atoms with van der Waals surface area (Å²) in [7, 11) is 0. The van der Waals surface area contributed by atoms with Crippen LogP contribution in [0.3, 0.4) is 0 Å². The molecule has 0 saturated heterocycles. The van der Waals surface area contributed by atoms with E-state index in [1.165, 1.54) is 16.7 Å². The first-order chi connectivity index (χ1) is 13.9. The van der Waals surface area contributed by atoms with Crippen molar-refractivity contribution in [1.29, 1.82) is 0 Å². The van der Waals surface area contributed by atoms with Gasteiger partial charge in [-0.15, -0.1) is 0 Å². The molecule has 5 rings (SSSR count). The normalized spacial score (nSPS) is 11.6. The van der Waals surface area contributed by atoms with Gasteiger partial charge in [0.2, 0.25) is 0 Å². The van der Waals surface area contributed by atoms with Crippen molar-refractivity contribution < 1.29 is 4.42 Å². The number of benzene rings is 4. The minimum Gasteiger partial charge on any atom is -0.459 e. The fourth-order valence-corrected chi connectivity index (χ4v) is 4.16. The molecule has 0 N–H and O–H groups in total. The molecule has 1 nitrogen and oxygen atoms in total. The second kappa shape index (κ2) is 6.86. The predicted octanol–water partition coefficient (Wildman–Crippen LogP) is 6.82. The average Bonchev–Trinajstić information content (AvgIpc) is 3.21. The summed E-state index contributed by atoms with van der Waals surface area (Å²) in [5.74, 6) is 0.928. The first kappa shape index (κ1) is 16.6. The van der Waals surface area contributed by atoms with E-state index in [1.807, 2.05) is 12.1 Å². The molecule has 1 aromatic heterocycles. The molecule has 0 unspecified atom stereocenters. The molecular formula is C27H20O. The van der Waals surface area contributed by atoms with Gasteiger partial charge in [0.25, 0.3) is 0 Å². The van der Waals surface area contributed by atoms with Crippen LogP contribution in [0.1, 0.15) is 22.5 Å². The molecule has 0 aliphatic carbocycles. The van der Waals surface area contributed by atoms with Gasteiger partial charge in [0.1, 0.15) is 16.8 Å². The molecule has 0 fully saturated rings. The third-order valence-electron chi connectivity index (χ3n) is 5.42. The summed E-state index contributed by atoms with van der Waals surface area (Å²) in [5, 5.41) is 1.12. The van der Waals surface area contributed by atoms with Crippen LogP contribution < -0.4 is 0 Å². The summed E-state index contributed by atoms with van der Waals surface area (Å²) in [5.41, 5.74) is 3.94. The van der Waals surface area contributed by atoms with Gasteiger partial charge in [-0.2, -0.15) is 0 Å². The smallest absolute Gasteiger partial charge is 0.134 e. The summed E-state index contributed by atoms with van der Waals surface area (Å²) < 4.78 is 6.50. The first-order valence-electron chi connectivity index (χ1n) is 9.54. The molecule has 28 heavy (non-hydrogen) atoms. The topological polar surface area (TPSA) is 13.1 Å². The SMILES string of the molecule is c1ccc(C(c2ccccc2)(c2ccccc2)c2cc3ccccc3o2)cc1. The Balaban J connectivity index is 1.92. The van der Waals surface area contributed by atoms with Crippen LogP contribution in [0.2, 0.25) is 0 Å². The zero-order valence-electron chi connectivity index (χ0n) is 15.5. The lowest BCUT2D eigenvalue weighted by Gasteiger charge is -2.34.